The number of nitrogens with one attached hydrogen (secondary N) is 1. The molecule has 0 fully saturated rings. The molecule has 7 heteroatoms. The molecule has 0 aliphatic heterocycles. The van der Waals surface area contributed by atoms with Crippen LogP contribution >= 0.6 is 43.2 Å². The Morgan fingerprint density at radius 2 is 2.10 bits per heavy atom. The van der Waals surface area contributed by atoms with Crippen LogP contribution in [-0.4, -0.2) is 16.1 Å². The number of aromatic nitrogens is 2. The summed E-state index contributed by atoms with van der Waals surface area (Å²) < 4.78 is 1.59. The Labute approximate surface area is 138 Å². The van der Waals surface area contributed by atoms with Gasteiger partial charge in [-0.15, -0.1) is 10.2 Å². The summed E-state index contributed by atoms with van der Waals surface area (Å²) in [5.74, 6) is 0.316. The van der Waals surface area contributed by atoms with Gasteiger partial charge in [-0.3, -0.25) is 10.1 Å². The summed E-state index contributed by atoms with van der Waals surface area (Å²) in [4.78, 5) is 12.2. The van der Waals surface area contributed by atoms with Gasteiger partial charge in [0, 0.05) is 15.4 Å². The zero-order chi connectivity index (χ0) is 14.7. The molecular weight excluding hydrogens is 406 g/mol. The van der Waals surface area contributed by atoms with Crippen molar-refractivity contribution in [2.75, 3.05) is 5.32 Å². The van der Waals surface area contributed by atoms with Crippen molar-refractivity contribution in [3.05, 3.63) is 37.7 Å². The Bertz CT molecular complexity index is 628. The topological polar surface area (TPSA) is 54.9 Å². The zero-order valence-corrected chi connectivity index (χ0v) is 15.0. The van der Waals surface area contributed by atoms with E-state index in [2.05, 4.69) is 61.2 Å². The lowest BCUT2D eigenvalue weighted by Crippen LogP contribution is -2.12. The first-order valence-electron chi connectivity index (χ1n) is 6.04. The second kappa shape index (κ2) is 6.78. The van der Waals surface area contributed by atoms with Crippen LogP contribution in [0.5, 0.6) is 0 Å². The van der Waals surface area contributed by atoms with Gasteiger partial charge in [-0.25, -0.2) is 0 Å². The molecule has 1 amide bonds. The number of carbonyl (C=O) groups is 1. The highest BCUT2D eigenvalue weighted by molar-refractivity contribution is 9.11. The average Bonchev–Trinajstić information content (AvgIpc) is 2.78. The summed E-state index contributed by atoms with van der Waals surface area (Å²) in [7, 11) is 0. The van der Waals surface area contributed by atoms with Crippen LogP contribution in [0.3, 0.4) is 0 Å². The summed E-state index contributed by atoms with van der Waals surface area (Å²) >= 11 is 8.14. The fraction of sp³-hybridized carbons (Fsp3) is 0.308. The molecule has 0 bridgehead atoms. The molecule has 0 atom stereocenters. The minimum atomic E-state index is -0.203. The van der Waals surface area contributed by atoms with Crippen LogP contribution in [0.15, 0.2) is 27.1 Å². The summed E-state index contributed by atoms with van der Waals surface area (Å²) in [5, 5.41) is 12.3. The van der Waals surface area contributed by atoms with Crippen LogP contribution in [0.25, 0.3) is 0 Å². The van der Waals surface area contributed by atoms with Gasteiger partial charge < -0.3 is 0 Å². The first kappa shape index (κ1) is 15.6. The van der Waals surface area contributed by atoms with Gasteiger partial charge in [0.05, 0.1) is 5.56 Å². The number of nitrogens with zero attached hydrogens (tertiary/aromatic N) is 2. The maximum Gasteiger partial charge on any atom is 0.258 e. The van der Waals surface area contributed by atoms with Crippen LogP contribution in [0, 0.1) is 5.92 Å². The van der Waals surface area contributed by atoms with Gasteiger partial charge in [-0.1, -0.05) is 41.1 Å². The number of benzene rings is 1. The van der Waals surface area contributed by atoms with E-state index in [0.29, 0.717) is 16.6 Å². The van der Waals surface area contributed by atoms with Gasteiger partial charge in [0.1, 0.15) is 5.01 Å². The van der Waals surface area contributed by atoms with Crippen molar-refractivity contribution in [3.8, 4) is 0 Å². The van der Waals surface area contributed by atoms with E-state index in [0.717, 1.165) is 20.4 Å². The first-order valence-corrected chi connectivity index (χ1v) is 8.44. The van der Waals surface area contributed by atoms with Crippen molar-refractivity contribution < 1.29 is 4.79 Å². The fourth-order valence-electron chi connectivity index (χ4n) is 1.57. The lowest BCUT2D eigenvalue weighted by Gasteiger charge is -2.04. The predicted octanol–water partition coefficient (Wildman–Crippen LogP) is 4.51. The average molecular weight is 419 g/mol. The van der Waals surface area contributed by atoms with E-state index in [4.69, 9.17) is 0 Å². The summed E-state index contributed by atoms with van der Waals surface area (Å²) in [6.07, 6.45) is 0.869. The first-order chi connectivity index (χ1) is 9.45. The number of amides is 1. The number of hydrogen-bond acceptors (Lipinski definition) is 4. The second-order valence-electron chi connectivity index (χ2n) is 4.68. The minimum Gasteiger partial charge on any atom is -0.296 e. The van der Waals surface area contributed by atoms with Gasteiger partial charge in [0.25, 0.3) is 5.91 Å². The Morgan fingerprint density at radius 1 is 1.35 bits per heavy atom. The lowest BCUT2D eigenvalue weighted by molar-refractivity contribution is 0.102. The second-order valence-corrected chi connectivity index (χ2v) is 7.51. The summed E-state index contributed by atoms with van der Waals surface area (Å²) in [6, 6.07) is 5.45. The molecule has 0 spiro atoms. The number of carbonyl (C=O) groups excluding carboxylic acids is 1. The van der Waals surface area contributed by atoms with Crippen LogP contribution in [0.4, 0.5) is 5.13 Å². The van der Waals surface area contributed by atoms with Crippen molar-refractivity contribution in [2.45, 2.75) is 20.3 Å². The van der Waals surface area contributed by atoms with Gasteiger partial charge in [0.15, 0.2) is 0 Å². The molecular formula is C13H13Br2N3OS. The van der Waals surface area contributed by atoms with E-state index >= 15 is 0 Å². The molecule has 0 aliphatic carbocycles. The van der Waals surface area contributed by atoms with E-state index in [1.165, 1.54) is 11.3 Å². The van der Waals surface area contributed by atoms with Crippen molar-refractivity contribution in [1.29, 1.82) is 0 Å². The lowest BCUT2D eigenvalue weighted by atomic mass is 10.1. The Balaban J connectivity index is 2.11. The van der Waals surface area contributed by atoms with Crippen molar-refractivity contribution in [3.63, 3.8) is 0 Å². The maximum atomic E-state index is 12.2. The highest BCUT2D eigenvalue weighted by Crippen LogP contribution is 2.24. The third-order valence-electron chi connectivity index (χ3n) is 2.44. The predicted molar refractivity (Wildman–Crippen MR) is 88.2 cm³/mol. The van der Waals surface area contributed by atoms with E-state index in [1.54, 1.807) is 6.07 Å². The Morgan fingerprint density at radius 3 is 2.80 bits per heavy atom. The Hall–Kier alpha value is -0.790. The van der Waals surface area contributed by atoms with Crippen LogP contribution < -0.4 is 5.32 Å². The molecule has 2 rings (SSSR count). The molecule has 0 radical (unpaired) electrons. The third kappa shape index (κ3) is 4.10. The summed E-state index contributed by atoms with van der Waals surface area (Å²) in [5.41, 5.74) is 0.556. The van der Waals surface area contributed by atoms with Crippen molar-refractivity contribution in [2.24, 2.45) is 5.92 Å². The standard InChI is InChI=1S/C13H13Br2N3OS/c1-7(2)5-11-17-18-13(20-11)16-12(19)9-6-8(14)3-4-10(9)15/h3-4,6-7H,5H2,1-2H3,(H,16,18,19). The summed E-state index contributed by atoms with van der Waals surface area (Å²) in [6.45, 7) is 4.25. The monoisotopic (exact) mass is 417 g/mol. The van der Waals surface area contributed by atoms with Gasteiger partial charge in [-0.2, -0.15) is 0 Å². The molecule has 4 nitrogen and oxygen atoms in total. The van der Waals surface area contributed by atoms with E-state index in [-0.39, 0.29) is 5.91 Å². The molecule has 20 heavy (non-hydrogen) atoms. The Kier molecular flexibility index (Phi) is 5.29. The molecule has 2 aromatic rings. The SMILES string of the molecule is CC(C)Cc1nnc(NC(=O)c2cc(Br)ccc2Br)s1. The highest BCUT2D eigenvalue weighted by atomic mass is 79.9. The van der Waals surface area contributed by atoms with Gasteiger partial charge >= 0.3 is 0 Å². The number of anilines is 1. The molecule has 1 heterocycles. The van der Waals surface area contributed by atoms with Crippen molar-refractivity contribution >= 4 is 54.2 Å². The van der Waals surface area contributed by atoms with E-state index in [9.17, 15) is 4.79 Å². The molecule has 0 unspecified atom stereocenters. The number of halogens is 2. The molecule has 1 aromatic carbocycles. The molecule has 0 saturated heterocycles. The van der Waals surface area contributed by atoms with Crippen LogP contribution in [0.2, 0.25) is 0 Å². The molecule has 1 N–H and O–H groups in total. The molecule has 0 aliphatic rings. The molecule has 1 aromatic heterocycles. The zero-order valence-electron chi connectivity index (χ0n) is 11.0. The number of hydrogen-bond donors (Lipinski definition) is 1. The maximum absolute atomic E-state index is 12.2. The van der Waals surface area contributed by atoms with Crippen LogP contribution in [-0.2, 0) is 6.42 Å². The highest BCUT2D eigenvalue weighted by Gasteiger charge is 2.14. The van der Waals surface area contributed by atoms with Gasteiger partial charge in [0.2, 0.25) is 5.13 Å². The largest absolute Gasteiger partial charge is 0.296 e. The van der Waals surface area contributed by atoms with Crippen molar-refractivity contribution in [1.82, 2.24) is 10.2 Å². The van der Waals surface area contributed by atoms with Crippen LogP contribution in [0.1, 0.15) is 29.2 Å². The number of rotatable bonds is 4. The third-order valence-corrected chi connectivity index (χ3v) is 4.49. The molecule has 106 valence electrons. The quantitative estimate of drug-likeness (QED) is 0.794. The fourth-order valence-corrected chi connectivity index (χ4v) is 3.31. The van der Waals surface area contributed by atoms with Gasteiger partial charge in [-0.05, 0) is 40.0 Å². The van der Waals surface area contributed by atoms with E-state index < -0.39 is 0 Å². The smallest absolute Gasteiger partial charge is 0.258 e. The normalized spacial score (nSPS) is 10.8. The molecule has 0 saturated carbocycles. The van der Waals surface area contributed by atoms with E-state index in [1.807, 2.05) is 12.1 Å². The minimum absolute atomic E-state index is 0.203.